The molecule has 0 saturated carbocycles. The van der Waals surface area contributed by atoms with Crippen molar-refractivity contribution in [3.63, 3.8) is 0 Å². The summed E-state index contributed by atoms with van der Waals surface area (Å²) >= 11 is 0. The van der Waals surface area contributed by atoms with E-state index in [9.17, 15) is 14.4 Å². The third-order valence-electron chi connectivity index (χ3n) is 5.25. The van der Waals surface area contributed by atoms with E-state index < -0.39 is 22.8 Å². The molecular formula is C24H34O6. The van der Waals surface area contributed by atoms with E-state index in [1.54, 1.807) is 13.8 Å². The lowest BCUT2D eigenvalue weighted by molar-refractivity contribution is -0.164. The predicted molar refractivity (Wildman–Crippen MR) is 115 cm³/mol. The average molecular weight is 419 g/mol. The number of carbonyl (C=O) groups is 3. The quantitative estimate of drug-likeness (QED) is 0.216. The zero-order valence-corrected chi connectivity index (χ0v) is 18.7. The average Bonchev–Trinajstić information content (AvgIpc) is 2.74. The molecule has 2 atom stereocenters. The van der Waals surface area contributed by atoms with Crippen LogP contribution in [0.15, 0.2) is 43.0 Å². The molecule has 1 aromatic carbocycles. The SMILES string of the molecule is C=CC(=O)OCCOC(=O)C(C)(C)CC(C)(CC(CC)c1ccccc1)C(=O)OC. The number of esters is 3. The third kappa shape index (κ3) is 7.32. The van der Waals surface area contributed by atoms with Crippen LogP contribution in [0.5, 0.6) is 0 Å². The summed E-state index contributed by atoms with van der Waals surface area (Å²) in [5.74, 6) is -1.23. The second kappa shape index (κ2) is 11.5. The Bertz CT molecular complexity index is 724. The van der Waals surface area contributed by atoms with Gasteiger partial charge in [0, 0.05) is 6.08 Å². The summed E-state index contributed by atoms with van der Waals surface area (Å²) in [5, 5.41) is 0. The molecule has 30 heavy (non-hydrogen) atoms. The van der Waals surface area contributed by atoms with E-state index in [0.29, 0.717) is 6.42 Å². The molecule has 0 fully saturated rings. The van der Waals surface area contributed by atoms with Crippen molar-refractivity contribution >= 4 is 17.9 Å². The molecule has 0 amide bonds. The van der Waals surface area contributed by atoms with Gasteiger partial charge in [0.25, 0.3) is 0 Å². The van der Waals surface area contributed by atoms with E-state index >= 15 is 0 Å². The van der Waals surface area contributed by atoms with Gasteiger partial charge in [-0.05, 0) is 51.5 Å². The van der Waals surface area contributed by atoms with E-state index in [2.05, 4.69) is 25.6 Å². The normalized spacial score (nSPS) is 14.2. The molecule has 0 saturated heterocycles. The molecule has 1 rings (SSSR count). The maximum Gasteiger partial charge on any atom is 0.330 e. The molecule has 166 valence electrons. The molecule has 6 heteroatoms. The second-order valence-electron chi connectivity index (χ2n) is 8.34. The Labute approximate surface area is 179 Å². The van der Waals surface area contributed by atoms with Gasteiger partial charge in [0.15, 0.2) is 0 Å². The van der Waals surface area contributed by atoms with Gasteiger partial charge in [0.05, 0.1) is 17.9 Å². The molecule has 0 aromatic heterocycles. The Balaban J connectivity index is 2.90. The minimum Gasteiger partial charge on any atom is -0.469 e. The van der Waals surface area contributed by atoms with Crippen LogP contribution in [0.25, 0.3) is 0 Å². The highest BCUT2D eigenvalue weighted by Crippen LogP contribution is 2.43. The van der Waals surface area contributed by atoms with Crippen LogP contribution in [0.1, 0.15) is 58.4 Å². The summed E-state index contributed by atoms with van der Waals surface area (Å²) in [6, 6.07) is 10.0. The van der Waals surface area contributed by atoms with Gasteiger partial charge in [-0.25, -0.2) is 4.79 Å². The summed E-state index contributed by atoms with van der Waals surface area (Å²) in [5.41, 5.74) is -0.650. The van der Waals surface area contributed by atoms with Crippen LogP contribution in [-0.4, -0.2) is 38.2 Å². The van der Waals surface area contributed by atoms with Crippen LogP contribution >= 0.6 is 0 Å². The Kier molecular flexibility index (Phi) is 9.76. The molecule has 0 spiro atoms. The maximum atomic E-state index is 12.7. The lowest BCUT2D eigenvalue weighted by atomic mass is 9.68. The monoisotopic (exact) mass is 418 g/mol. The van der Waals surface area contributed by atoms with Crippen molar-refractivity contribution in [1.29, 1.82) is 0 Å². The molecule has 1 aromatic rings. The first kappa shape index (κ1) is 25.4. The highest BCUT2D eigenvalue weighted by molar-refractivity contribution is 5.81. The van der Waals surface area contributed by atoms with E-state index in [0.717, 1.165) is 18.1 Å². The Morgan fingerprint density at radius 3 is 2.17 bits per heavy atom. The van der Waals surface area contributed by atoms with Crippen molar-refractivity contribution < 1.29 is 28.6 Å². The molecule has 0 radical (unpaired) electrons. The van der Waals surface area contributed by atoms with Gasteiger partial charge >= 0.3 is 17.9 Å². The number of ether oxygens (including phenoxy) is 3. The third-order valence-corrected chi connectivity index (χ3v) is 5.25. The van der Waals surface area contributed by atoms with Gasteiger partial charge in [-0.3, -0.25) is 9.59 Å². The summed E-state index contributed by atoms with van der Waals surface area (Å²) in [7, 11) is 1.36. The van der Waals surface area contributed by atoms with E-state index in [4.69, 9.17) is 14.2 Å². The van der Waals surface area contributed by atoms with Crippen LogP contribution in [0.3, 0.4) is 0 Å². The highest BCUT2D eigenvalue weighted by Gasteiger charge is 2.44. The molecule has 0 bridgehead atoms. The fourth-order valence-corrected chi connectivity index (χ4v) is 3.82. The molecule has 2 unspecified atom stereocenters. The van der Waals surface area contributed by atoms with Gasteiger partial charge in [-0.2, -0.15) is 0 Å². The van der Waals surface area contributed by atoms with E-state index in [1.807, 2.05) is 25.1 Å². The molecule has 0 aliphatic rings. The molecule has 0 aliphatic carbocycles. The molecular weight excluding hydrogens is 384 g/mol. The van der Waals surface area contributed by atoms with Gasteiger partial charge < -0.3 is 14.2 Å². The van der Waals surface area contributed by atoms with Crippen molar-refractivity contribution in [3.05, 3.63) is 48.6 Å². The van der Waals surface area contributed by atoms with Crippen LogP contribution in [0.4, 0.5) is 0 Å². The van der Waals surface area contributed by atoms with E-state index in [1.165, 1.54) is 7.11 Å². The van der Waals surface area contributed by atoms with Crippen LogP contribution < -0.4 is 0 Å². The van der Waals surface area contributed by atoms with Gasteiger partial charge in [0.1, 0.15) is 13.2 Å². The van der Waals surface area contributed by atoms with E-state index in [-0.39, 0.29) is 31.5 Å². The summed E-state index contributed by atoms with van der Waals surface area (Å²) in [6.45, 7) is 10.6. The Morgan fingerprint density at radius 2 is 1.63 bits per heavy atom. The van der Waals surface area contributed by atoms with Crippen LogP contribution in [0, 0.1) is 10.8 Å². The van der Waals surface area contributed by atoms with Crippen molar-refractivity contribution in [3.8, 4) is 0 Å². The first-order chi connectivity index (χ1) is 14.1. The predicted octanol–water partition coefficient (Wildman–Crippen LogP) is 4.44. The molecule has 0 heterocycles. The van der Waals surface area contributed by atoms with Crippen LogP contribution in [-0.2, 0) is 28.6 Å². The van der Waals surface area contributed by atoms with Crippen molar-refractivity contribution in [2.75, 3.05) is 20.3 Å². The highest BCUT2D eigenvalue weighted by atomic mass is 16.6. The molecule has 6 nitrogen and oxygen atoms in total. The van der Waals surface area contributed by atoms with Crippen molar-refractivity contribution in [2.24, 2.45) is 10.8 Å². The van der Waals surface area contributed by atoms with Gasteiger partial charge in [-0.15, -0.1) is 0 Å². The van der Waals surface area contributed by atoms with Crippen molar-refractivity contribution in [2.45, 2.75) is 52.9 Å². The van der Waals surface area contributed by atoms with Crippen molar-refractivity contribution in [1.82, 2.24) is 0 Å². The zero-order chi connectivity index (χ0) is 22.8. The standard InChI is InChI=1S/C24H34O6/c1-7-18(19-12-10-9-11-13-19)16-24(5,22(27)28-6)17-23(3,4)21(26)30-15-14-29-20(25)8-2/h8-13,18H,2,7,14-17H2,1,3-6H3. The van der Waals surface area contributed by atoms with Gasteiger partial charge in [-0.1, -0.05) is 43.8 Å². The minimum absolute atomic E-state index is 0.0488. The fourth-order valence-electron chi connectivity index (χ4n) is 3.82. The largest absolute Gasteiger partial charge is 0.469 e. The molecule has 0 aliphatic heterocycles. The number of hydrogen-bond acceptors (Lipinski definition) is 6. The number of hydrogen-bond donors (Lipinski definition) is 0. The first-order valence-corrected chi connectivity index (χ1v) is 10.2. The lowest BCUT2D eigenvalue weighted by Gasteiger charge is -2.36. The van der Waals surface area contributed by atoms with Gasteiger partial charge in [0.2, 0.25) is 0 Å². The number of methoxy groups -OCH3 is 1. The topological polar surface area (TPSA) is 78.9 Å². The zero-order valence-electron chi connectivity index (χ0n) is 18.7. The summed E-state index contributed by atoms with van der Waals surface area (Å²) < 4.78 is 15.2. The smallest absolute Gasteiger partial charge is 0.330 e. The summed E-state index contributed by atoms with van der Waals surface area (Å²) in [6.07, 6.45) is 2.72. The maximum absolute atomic E-state index is 12.7. The Morgan fingerprint density at radius 1 is 1.03 bits per heavy atom. The fraction of sp³-hybridized carbons (Fsp3) is 0.542. The number of carbonyl (C=O) groups excluding carboxylic acids is 3. The summed E-state index contributed by atoms with van der Waals surface area (Å²) in [4.78, 5) is 36.5. The molecule has 0 N–H and O–H groups in total. The minimum atomic E-state index is -0.930. The van der Waals surface area contributed by atoms with Crippen LogP contribution in [0.2, 0.25) is 0 Å². The lowest BCUT2D eigenvalue weighted by Crippen LogP contribution is -2.40. The first-order valence-electron chi connectivity index (χ1n) is 10.2. The number of benzene rings is 1. The Hall–Kier alpha value is -2.63. The number of rotatable bonds is 12. The second-order valence-corrected chi connectivity index (χ2v) is 8.34.